The van der Waals surface area contributed by atoms with Gasteiger partial charge in [0.05, 0.1) is 7.11 Å². The Kier molecular flexibility index (Phi) is 3.40. The van der Waals surface area contributed by atoms with Gasteiger partial charge in [-0.2, -0.15) is 0 Å². The van der Waals surface area contributed by atoms with Gasteiger partial charge in [-0.3, -0.25) is 0 Å². The summed E-state index contributed by atoms with van der Waals surface area (Å²) >= 11 is 5.01. The van der Waals surface area contributed by atoms with E-state index in [-0.39, 0.29) is 0 Å². The van der Waals surface area contributed by atoms with Crippen LogP contribution in [0.15, 0.2) is 24.3 Å². The van der Waals surface area contributed by atoms with E-state index in [1.807, 2.05) is 0 Å². The molecule has 0 heterocycles. The minimum Gasteiger partial charge on any atom is -0.497 e. The summed E-state index contributed by atoms with van der Waals surface area (Å²) in [7, 11) is 0.364. The van der Waals surface area contributed by atoms with Crippen molar-refractivity contribution in [3.05, 3.63) is 24.3 Å². The summed E-state index contributed by atoms with van der Waals surface area (Å²) in [6.07, 6.45) is 0. The molecule has 0 saturated carbocycles. The Morgan fingerprint density at radius 2 is 2.08 bits per heavy atom. The second-order valence-electron chi connectivity index (χ2n) is 2.18. The van der Waals surface area contributed by atoms with Gasteiger partial charge in [0, 0.05) is 17.3 Å². The molecule has 0 aliphatic heterocycles. The van der Waals surface area contributed by atoms with Gasteiger partial charge in [-0.15, -0.1) is 0 Å². The van der Waals surface area contributed by atoms with Crippen molar-refractivity contribution in [1.82, 2.24) is 0 Å². The smallest absolute Gasteiger partial charge is 0.497 e. The van der Waals surface area contributed by atoms with Gasteiger partial charge in [-0.1, -0.05) is 18.2 Å². The van der Waals surface area contributed by atoms with Crippen LogP contribution in [-0.2, 0) is 4.21 Å². The van der Waals surface area contributed by atoms with E-state index in [0.717, 1.165) is 0 Å². The quantitative estimate of drug-likeness (QED) is 0.701. The maximum absolute atomic E-state index is 9.21. The van der Waals surface area contributed by atoms with Crippen molar-refractivity contribution in [2.75, 3.05) is 7.11 Å². The van der Waals surface area contributed by atoms with Gasteiger partial charge in [0.2, 0.25) is 0 Å². The van der Waals surface area contributed by atoms with Crippen molar-refractivity contribution >= 4 is 24.4 Å². The normalized spacial score (nSPS) is 9.58. The minimum absolute atomic E-state index is 0.509. The molecule has 0 amide bonds. The largest absolute Gasteiger partial charge is 0.511 e. The predicted octanol–water partition coefficient (Wildman–Crippen LogP) is 0.553. The number of rotatable bonds is 3. The molecule has 0 aliphatic rings. The Balaban J connectivity index is 2.96. The second kappa shape index (κ2) is 4.35. The van der Waals surface area contributed by atoms with Crippen molar-refractivity contribution in [3.63, 3.8) is 0 Å². The molecule has 0 fully saturated rings. The Hall–Kier alpha value is -0.705. The highest BCUT2D eigenvalue weighted by Crippen LogP contribution is 2.06. The van der Waals surface area contributed by atoms with Gasteiger partial charge in [0.15, 0.2) is 0 Å². The van der Waals surface area contributed by atoms with E-state index in [4.69, 9.17) is 16.6 Å². The third-order valence-electron chi connectivity index (χ3n) is 1.49. The highest BCUT2D eigenvalue weighted by Gasteiger charge is 2.19. The summed E-state index contributed by atoms with van der Waals surface area (Å²) < 4.78 is 9.20. The molecule has 0 radical (unpaired) electrons. The first-order valence-corrected chi connectivity index (χ1v) is 3.69. The van der Waals surface area contributed by atoms with E-state index in [2.05, 4.69) is 4.21 Å². The molecule has 5 heteroatoms. The van der Waals surface area contributed by atoms with Crippen molar-refractivity contribution in [3.8, 4) is 5.75 Å². The zero-order chi connectivity index (χ0) is 8.97. The zero-order valence-electron chi connectivity index (χ0n) is 6.53. The number of methoxy groups -OCH3 is 1. The van der Waals surface area contributed by atoms with Gasteiger partial charge in [0.25, 0.3) is 0 Å². The monoisotopic (exact) mass is 186 g/mol. The van der Waals surface area contributed by atoms with Gasteiger partial charge < -0.3 is 14.0 Å². The van der Waals surface area contributed by atoms with Crippen LogP contribution in [0.4, 0.5) is 0 Å². The molecule has 1 N–H and O–H groups in total. The fourth-order valence-corrected chi connectivity index (χ4v) is 1.01. The van der Waals surface area contributed by atoms with Gasteiger partial charge >= 0.3 is 7.12 Å². The number of hydrogen-bond donors (Lipinski definition) is 1. The van der Waals surface area contributed by atoms with Gasteiger partial charge in [0.1, 0.15) is 5.75 Å². The van der Waals surface area contributed by atoms with Crippen molar-refractivity contribution in [2.24, 2.45) is 0 Å². The summed E-state index contributed by atoms with van der Waals surface area (Å²) in [5.74, 6) is 0.547. The van der Waals surface area contributed by atoms with Crippen LogP contribution in [0, 0.1) is 0 Å². The molecule has 12 heavy (non-hydrogen) atoms. The number of benzene rings is 1. The molecule has 0 unspecified atom stereocenters. The number of halogens is 1. The Labute approximate surface area is 76.2 Å². The third-order valence-corrected chi connectivity index (χ3v) is 1.66. The maximum Gasteiger partial charge on any atom is 0.511 e. The molecular weight excluding hydrogens is 178 g/mol. The second-order valence-corrected chi connectivity index (χ2v) is 2.36. The van der Waals surface area contributed by atoms with Crippen LogP contribution in [0.2, 0.25) is 0 Å². The average molecular weight is 186 g/mol. The molecule has 64 valence electrons. The molecule has 1 rings (SSSR count). The molecule has 0 aromatic heterocycles. The van der Waals surface area contributed by atoms with Crippen molar-refractivity contribution in [1.29, 1.82) is 0 Å². The predicted molar refractivity (Wildman–Crippen MR) is 47.5 cm³/mol. The number of hydrogen-bond acceptors (Lipinski definition) is 3. The van der Waals surface area contributed by atoms with E-state index in [1.54, 1.807) is 24.3 Å². The number of ether oxygens (including phenoxy) is 1. The lowest BCUT2D eigenvalue weighted by atomic mass is 9.79. The highest BCUT2D eigenvalue weighted by atomic mass is 35.5. The molecule has 1 aromatic carbocycles. The lowest BCUT2D eigenvalue weighted by Gasteiger charge is -2.07. The summed E-state index contributed by atoms with van der Waals surface area (Å²) in [6.45, 7) is 0. The van der Waals surface area contributed by atoms with E-state index >= 15 is 0 Å². The van der Waals surface area contributed by atoms with E-state index in [0.29, 0.717) is 11.2 Å². The maximum atomic E-state index is 9.21. The first kappa shape index (κ1) is 9.38. The van der Waals surface area contributed by atoms with Gasteiger partial charge in [-0.05, 0) is 6.07 Å². The van der Waals surface area contributed by atoms with Crippen LogP contribution >= 0.6 is 11.9 Å². The molecule has 3 nitrogen and oxygen atoms in total. The molecular formula is C7H8BClO3. The third kappa shape index (κ3) is 1.91. The minimum atomic E-state index is -1.15. The first-order chi connectivity index (χ1) is 5.79. The standard InChI is InChI=1S/C7H8BClO3/c1-11-7-5-3-2-4-6(7)8(10)12-9/h2-5,10H,1H3. The van der Waals surface area contributed by atoms with E-state index < -0.39 is 7.12 Å². The van der Waals surface area contributed by atoms with E-state index in [9.17, 15) is 5.02 Å². The van der Waals surface area contributed by atoms with Crippen molar-refractivity contribution in [2.45, 2.75) is 0 Å². The van der Waals surface area contributed by atoms with E-state index in [1.165, 1.54) is 7.11 Å². The fraction of sp³-hybridized carbons (Fsp3) is 0.143. The molecule has 1 aromatic rings. The van der Waals surface area contributed by atoms with Crippen LogP contribution in [0.3, 0.4) is 0 Å². The van der Waals surface area contributed by atoms with Crippen LogP contribution in [-0.4, -0.2) is 19.3 Å². The van der Waals surface area contributed by atoms with Crippen LogP contribution in [0.1, 0.15) is 0 Å². The topological polar surface area (TPSA) is 38.7 Å². The molecule has 0 saturated heterocycles. The Morgan fingerprint density at radius 1 is 1.42 bits per heavy atom. The molecule has 0 atom stereocenters. The lowest BCUT2D eigenvalue weighted by Crippen LogP contribution is -2.31. The van der Waals surface area contributed by atoms with Crippen LogP contribution < -0.4 is 10.2 Å². The SMILES string of the molecule is COc1ccccc1B(O)OCl. The summed E-state index contributed by atoms with van der Waals surface area (Å²) in [4.78, 5) is 0. The van der Waals surface area contributed by atoms with Crippen molar-refractivity contribution < 1.29 is 14.0 Å². The Bertz CT molecular complexity index is 256. The average Bonchev–Trinajstić information content (AvgIpc) is 2.16. The number of para-hydroxylation sites is 1. The summed E-state index contributed by atoms with van der Waals surface area (Å²) in [6, 6.07) is 6.95. The lowest BCUT2D eigenvalue weighted by molar-refractivity contribution is 0.411. The van der Waals surface area contributed by atoms with Crippen LogP contribution in [0.25, 0.3) is 0 Å². The summed E-state index contributed by atoms with van der Waals surface area (Å²) in [5, 5.41) is 9.21. The van der Waals surface area contributed by atoms with Crippen LogP contribution in [0.5, 0.6) is 5.75 Å². The highest BCUT2D eigenvalue weighted by molar-refractivity contribution is 6.64. The zero-order valence-corrected chi connectivity index (χ0v) is 7.28. The fourth-order valence-electron chi connectivity index (χ4n) is 0.918. The van der Waals surface area contributed by atoms with Gasteiger partial charge in [-0.25, -0.2) is 0 Å². The molecule has 0 aliphatic carbocycles. The molecule has 0 bridgehead atoms. The first-order valence-electron chi connectivity index (χ1n) is 3.38. The summed E-state index contributed by atoms with van der Waals surface area (Å²) in [5.41, 5.74) is 0.509. The Morgan fingerprint density at radius 3 is 2.67 bits per heavy atom. The molecule has 0 spiro atoms.